The molecule has 0 bridgehead atoms. The molecule has 0 N–H and O–H groups in total. The van der Waals surface area contributed by atoms with E-state index in [9.17, 15) is 19.2 Å². The zero-order chi connectivity index (χ0) is 32.3. The van der Waals surface area contributed by atoms with Crippen LogP contribution in [-0.4, -0.2) is 23.1 Å². The standard InChI is InChI=1S/C36H48O4.C3H8/c1-8-10-28(31(9-2)34(39)15-24(6)37)16-27-18-33-32(22(3)4)21-29(25(7)36(33)35(40)19-27)20-30(38)17-26-13-11-23(5)12-14-26;1-3-2/h11-14,21-22,27-28,31H,8-10,15-20H2,1-7H3;3H2,1-2H3. The van der Waals surface area contributed by atoms with Gasteiger partial charge in [0.1, 0.15) is 17.3 Å². The molecule has 1 aliphatic rings. The molecule has 0 heterocycles. The number of hydrogen-bond donors (Lipinski definition) is 0. The van der Waals surface area contributed by atoms with Gasteiger partial charge in [-0.3, -0.25) is 19.2 Å². The number of hydrogen-bond acceptors (Lipinski definition) is 4. The minimum atomic E-state index is -0.131. The van der Waals surface area contributed by atoms with Gasteiger partial charge in [-0.2, -0.15) is 0 Å². The molecule has 0 saturated heterocycles. The smallest absolute Gasteiger partial charge is 0.163 e. The Morgan fingerprint density at radius 1 is 0.930 bits per heavy atom. The number of Topliss-reactive ketones (excluding diaryl/α,β-unsaturated/α-hetero) is 4. The molecule has 3 unspecified atom stereocenters. The molecule has 0 aliphatic heterocycles. The van der Waals surface area contributed by atoms with Gasteiger partial charge >= 0.3 is 0 Å². The van der Waals surface area contributed by atoms with Crippen molar-refractivity contribution in [2.45, 2.75) is 132 Å². The van der Waals surface area contributed by atoms with Crippen molar-refractivity contribution < 1.29 is 19.2 Å². The van der Waals surface area contributed by atoms with Crippen molar-refractivity contribution in [2.75, 3.05) is 0 Å². The van der Waals surface area contributed by atoms with E-state index in [2.05, 4.69) is 40.7 Å². The van der Waals surface area contributed by atoms with E-state index in [1.54, 1.807) is 0 Å². The van der Waals surface area contributed by atoms with Crippen LogP contribution in [0.2, 0.25) is 0 Å². The average Bonchev–Trinajstić information content (AvgIpc) is 2.91. The Morgan fingerprint density at radius 2 is 1.56 bits per heavy atom. The quantitative estimate of drug-likeness (QED) is 0.206. The van der Waals surface area contributed by atoms with Gasteiger partial charge in [0.05, 0.1) is 6.42 Å². The Labute approximate surface area is 261 Å². The first-order valence-corrected chi connectivity index (χ1v) is 16.6. The summed E-state index contributed by atoms with van der Waals surface area (Å²) in [5, 5.41) is 0. The largest absolute Gasteiger partial charge is 0.300 e. The van der Waals surface area contributed by atoms with Crippen LogP contribution >= 0.6 is 0 Å². The molecule has 1 aliphatic carbocycles. The first-order chi connectivity index (χ1) is 20.4. The maximum atomic E-state index is 13.7. The van der Waals surface area contributed by atoms with Crippen LogP contribution in [0.4, 0.5) is 0 Å². The summed E-state index contributed by atoms with van der Waals surface area (Å²) in [5.41, 5.74) is 7.25. The van der Waals surface area contributed by atoms with Gasteiger partial charge in [-0.1, -0.05) is 96.7 Å². The van der Waals surface area contributed by atoms with E-state index < -0.39 is 0 Å². The third-order valence-electron chi connectivity index (χ3n) is 8.76. The Hall–Kier alpha value is -2.88. The third kappa shape index (κ3) is 10.4. The lowest BCUT2D eigenvalue weighted by atomic mass is 9.70. The first kappa shape index (κ1) is 36.3. The Kier molecular flexibility index (Phi) is 14.7. The summed E-state index contributed by atoms with van der Waals surface area (Å²) in [7, 11) is 0. The van der Waals surface area contributed by atoms with Crippen molar-refractivity contribution >= 4 is 23.1 Å². The topological polar surface area (TPSA) is 68.3 Å². The van der Waals surface area contributed by atoms with Gasteiger partial charge in [-0.05, 0) is 85.6 Å². The molecule has 4 heteroatoms. The van der Waals surface area contributed by atoms with Crippen molar-refractivity contribution in [3.05, 3.63) is 69.3 Å². The zero-order valence-electron chi connectivity index (χ0n) is 28.4. The monoisotopic (exact) mass is 588 g/mol. The molecule has 236 valence electrons. The molecule has 43 heavy (non-hydrogen) atoms. The van der Waals surface area contributed by atoms with Crippen LogP contribution in [0.3, 0.4) is 0 Å². The fourth-order valence-corrected chi connectivity index (χ4v) is 6.79. The summed E-state index contributed by atoms with van der Waals surface area (Å²) in [6.07, 6.45) is 6.74. The van der Waals surface area contributed by atoms with Crippen LogP contribution in [0.5, 0.6) is 0 Å². The highest BCUT2D eigenvalue weighted by molar-refractivity contribution is 6.01. The van der Waals surface area contributed by atoms with E-state index in [4.69, 9.17) is 0 Å². The van der Waals surface area contributed by atoms with Crippen molar-refractivity contribution in [3.63, 3.8) is 0 Å². The van der Waals surface area contributed by atoms with Crippen LogP contribution in [0, 0.1) is 31.6 Å². The molecular weight excluding hydrogens is 532 g/mol. The molecule has 3 rings (SSSR count). The number of carbonyl (C=O) groups excluding carboxylic acids is 4. The first-order valence-electron chi connectivity index (χ1n) is 16.6. The summed E-state index contributed by atoms with van der Waals surface area (Å²) in [6.45, 7) is 18.3. The van der Waals surface area contributed by atoms with Gasteiger partial charge in [0.25, 0.3) is 0 Å². The van der Waals surface area contributed by atoms with Gasteiger partial charge in [0.2, 0.25) is 0 Å². The number of fused-ring (bicyclic) bond motifs is 1. The van der Waals surface area contributed by atoms with Crippen LogP contribution < -0.4 is 0 Å². The fourth-order valence-electron chi connectivity index (χ4n) is 6.79. The predicted octanol–water partition coefficient (Wildman–Crippen LogP) is 9.32. The van der Waals surface area contributed by atoms with E-state index in [-0.39, 0.29) is 53.2 Å². The van der Waals surface area contributed by atoms with E-state index in [0.717, 1.165) is 59.9 Å². The highest BCUT2D eigenvalue weighted by Gasteiger charge is 2.34. The molecule has 0 aromatic heterocycles. The summed E-state index contributed by atoms with van der Waals surface area (Å²) in [6, 6.07) is 10.3. The molecule has 4 nitrogen and oxygen atoms in total. The lowest BCUT2D eigenvalue weighted by Gasteiger charge is -2.33. The highest BCUT2D eigenvalue weighted by atomic mass is 16.1. The molecule has 0 spiro atoms. The molecule has 2 aromatic rings. The van der Waals surface area contributed by atoms with Crippen molar-refractivity contribution in [1.82, 2.24) is 0 Å². The SMILES string of the molecule is CCC.CCCC(CC1CC(=O)c2c(C)c(CC(=O)Cc3ccc(C)cc3)cc(C(C)C)c2C1)C(CC)C(=O)CC(C)=O. The second-order valence-electron chi connectivity index (χ2n) is 13.2. The Balaban J connectivity index is 0.00000206. The molecular formula is C39H56O4. The number of rotatable bonds is 14. The molecule has 0 radical (unpaired) electrons. The zero-order valence-corrected chi connectivity index (χ0v) is 28.4. The summed E-state index contributed by atoms with van der Waals surface area (Å²) in [5.74, 6) is 0.764. The van der Waals surface area contributed by atoms with Gasteiger partial charge in [0.15, 0.2) is 5.78 Å². The average molecular weight is 589 g/mol. The number of ketones is 4. The molecule has 0 fully saturated rings. The van der Waals surface area contributed by atoms with Crippen molar-refractivity contribution in [1.29, 1.82) is 0 Å². The van der Waals surface area contributed by atoms with Gasteiger partial charge < -0.3 is 0 Å². The minimum absolute atomic E-state index is 0.00720. The summed E-state index contributed by atoms with van der Waals surface area (Å²) < 4.78 is 0. The van der Waals surface area contributed by atoms with Crippen LogP contribution in [-0.2, 0) is 33.6 Å². The van der Waals surface area contributed by atoms with Crippen molar-refractivity contribution in [2.24, 2.45) is 17.8 Å². The highest BCUT2D eigenvalue weighted by Crippen LogP contribution is 2.40. The maximum absolute atomic E-state index is 13.7. The van der Waals surface area contributed by atoms with E-state index in [0.29, 0.717) is 19.3 Å². The van der Waals surface area contributed by atoms with Gasteiger partial charge in [0, 0.05) is 30.7 Å². The number of carbonyl (C=O) groups is 4. The number of aryl methyl sites for hydroxylation is 1. The number of benzene rings is 2. The fraction of sp³-hybridized carbons (Fsp3) is 0.590. The minimum Gasteiger partial charge on any atom is -0.300 e. The maximum Gasteiger partial charge on any atom is 0.163 e. The predicted molar refractivity (Wildman–Crippen MR) is 178 cm³/mol. The second-order valence-corrected chi connectivity index (χ2v) is 13.2. The normalized spacial score (nSPS) is 15.8. The van der Waals surface area contributed by atoms with E-state index in [1.165, 1.54) is 24.5 Å². The lowest BCUT2D eigenvalue weighted by Crippen LogP contribution is -2.30. The van der Waals surface area contributed by atoms with Crippen molar-refractivity contribution in [3.8, 4) is 0 Å². The third-order valence-corrected chi connectivity index (χ3v) is 8.76. The van der Waals surface area contributed by atoms with Crippen LogP contribution in [0.15, 0.2) is 30.3 Å². The molecule has 0 amide bonds. The second kappa shape index (κ2) is 17.4. The molecule has 0 saturated carbocycles. The Bertz CT molecular complexity index is 1250. The molecule has 2 aromatic carbocycles. The molecule has 3 atom stereocenters. The van der Waals surface area contributed by atoms with E-state index >= 15 is 0 Å². The van der Waals surface area contributed by atoms with Crippen LogP contribution in [0.1, 0.15) is 143 Å². The van der Waals surface area contributed by atoms with E-state index in [1.807, 2.05) is 45.0 Å². The summed E-state index contributed by atoms with van der Waals surface area (Å²) >= 11 is 0. The van der Waals surface area contributed by atoms with Crippen LogP contribution in [0.25, 0.3) is 0 Å². The Morgan fingerprint density at radius 3 is 2.09 bits per heavy atom. The van der Waals surface area contributed by atoms with Gasteiger partial charge in [-0.15, -0.1) is 0 Å². The lowest BCUT2D eigenvalue weighted by molar-refractivity contribution is -0.130. The summed E-state index contributed by atoms with van der Waals surface area (Å²) in [4.78, 5) is 51.4. The van der Waals surface area contributed by atoms with Gasteiger partial charge in [-0.25, -0.2) is 0 Å².